The fourth-order valence-corrected chi connectivity index (χ4v) is 2.53. The van der Waals surface area contributed by atoms with Gasteiger partial charge in [0.15, 0.2) is 18.2 Å². The molecule has 1 fully saturated rings. The first-order valence-corrected chi connectivity index (χ1v) is 7.50. The summed E-state index contributed by atoms with van der Waals surface area (Å²) in [5.74, 6) is -2.74. The molecule has 7 nitrogen and oxygen atoms in total. The lowest BCUT2D eigenvalue weighted by atomic mass is 9.97. The van der Waals surface area contributed by atoms with Crippen LogP contribution in [0.25, 0.3) is 0 Å². The number of likely N-dealkylation sites (tertiary alicyclic amines) is 1. The van der Waals surface area contributed by atoms with Gasteiger partial charge in [-0.1, -0.05) is 0 Å². The van der Waals surface area contributed by atoms with E-state index in [-0.39, 0.29) is 23.8 Å². The highest BCUT2D eigenvalue weighted by Gasteiger charge is 2.27. The number of nitrogens with zero attached hydrogens (tertiary/aromatic N) is 1. The van der Waals surface area contributed by atoms with E-state index in [0.717, 1.165) is 6.07 Å². The predicted octanol–water partition coefficient (Wildman–Crippen LogP) is 0.715. The molecular weight excluding hydrogens is 319 g/mol. The van der Waals surface area contributed by atoms with Crippen molar-refractivity contribution in [3.63, 3.8) is 0 Å². The maximum atomic E-state index is 13.6. The molecule has 2 amide bonds. The van der Waals surface area contributed by atoms with Gasteiger partial charge in [0.05, 0.1) is 18.6 Å². The third-order valence-electron chi connectivity index (χ3n) is 3.89. The lowest BCUT2D eigenvalue weighted by Gasteiger charge is -2.31. The highest BCUT2D eigenvalue weighted by Crippen LogP contribution is 2.19. The Balaban J connectivity index is 1.90. The lowest BCUT2D eigenvalue weighted by Crippen LogP contribution is -2.45. The molecule has 0 aliphatic carbocycles. The molecule has 24 heavy (non-hydrogen) atoms. The quantitative estimate of drug-likeness (QED) is 0.798. The first-order valence-electron chi connectivity index (χ1n) is 7.50. The standard InChI is InChI=1S/C16H19FN2O5/c1-23-13-5-4-10(7-12(13)17)16(22)24-9-14(20)19-6-2-3-11(8-19)15(18)21/h4-5,7,11H,2-3,6,8-9H2,1H3,(H2,18,21)/t11-/m1/s1. The Bertz CT molecular complexity index is 649. The number of rotatable bonds is 5. The van der Waals surface area contributed by atoms with E-state index in [4.69, 9.17) is 15.2 Å². The Morgan fingerprint density at radius 2 is 2.12 bits per heavy atom. The summed E-state index contributed by atoms with van der Waals surface area (Å²) in [6.45, 7) is 0.234. The van der Waals surface area contributed by atoms with Crippen LogP contribution >= 0.6 is 0 Å². The molecule has 0 saturated carbocycles. The maximum Gasteiger partial charge on any atom is 0.338 e. The number of primary amides is 1. The van der Waals surface area contributed by atoms with Crippen LogP contribution in [0.2, 0.25) is 0 Å². The monoisotopic (exact) mass is 338 g/mol. The smallest absolute Gasteiger partial charge is 0.338 e. The maximum absolute atomic E-state index is 13.6. The number of methoxy groups -OCH3 is 1. The highest BCUT2D eigenvalue weighted by atomic mass is 19.1. The molecule has 2 N–H and O–H groups in total. The number of carbonyl (C=O) groups is 3. The first-order chi connectivity index (χ1) is 11.4. The van der Waals surface area contributed by atoms with Crippen LogP contribution in [0.4, 0.5) is 4.39 Å². The molecule has 0 aromatic heterocycles. The van der Waals surface area contributed by atoms with Gasteiger partial charge in [0.1, 0.15) is 0 Å². The molecule has 1 aromatic carbocycles. The number of halogens is 1. The van der Waals surface area contributed by atoms with Gasteiger partial charge in [0.2, 0.25) is 5.91 Å². The van der Waals surface area contributed by atoms with Crippen LogP contribution in [-0.2, 0) is 14.3 Å². The number of carbonyl (C=O) groups excluding carboxylic acids is 3. The Kier molecular flexibility index (Phi) is 5.73. The fraction of sp³-hybridized carbons (Fsp3) is 0.438. The lowest BCUT2D eigenvalue weighted by molar-refractivity contribution is -0.137. The van der Waals surface area contributed by atoms with Gasteiger partial charge < -0.3 is 20.1 Å². The van der Waals surface area contributed by atoms with Gasteiger partial charge >= 0.3 is 5.97 Å². The topological polar surface area (TPSA) is 98.9 Å². The molecule has 0 spiro atoms. The molecule has 0 unspecified atom stereocenters. The molecule has 0 bridgehead atoms. The predicted molar refractivity (Wildman–Crippen MR) is 81.7 cm³/mol. The number of hydrogen-bond acceptors (Lipinski definition) is 5. The van der Waals surface area contributed by atoms with Crippen molar-refractivity contribution in [3.8, 4) is 5.75 Å². The summed E-state index contributed by atoms with van der Waals surface area (Å²) in [6.07, 6.45) is 1.31. The van der Waals surface area contributed by atoms with Gasteiger partial charge in [-0.25, -0.2) is 9.18 Å². The second kappa shape index (κ2) is 7.76. The second-order valence-corrected chi connectivity index (χ2v) is 5.51. The SMILES string of the molecule is COc1ccc(C(=O)OCC(=O)N2CCC[C@@H](C(N)=O)C2)cc1F. The molecule has 1 aliphatic rings. The molecule has 1 atom stereocenters. The highest BCUT2D eigenvalue weighted by molar-refractivity contribution is 5.91. The van der Waals surface area contributed by atoms with Gasteiger partial charge in [0.25, 0.3) is 5.91 Å². The summed E-state index contributed by atoms with van der Waals surface area (Å²) in [5, 5.41) is 0. The van der Waals surface area contributed by atoms with Crippen molar-refractivity contribution in [1.82, 2.24) is 4.90 Å². The Morgan fingerprint density at radius 3 is 2.75 bits per heavy atom. The van der Waals surface area contributed by atoms with Crippen LogP contribution < -0.4 is 10.5 Å². The largest absolute Gasteiger partial charge is 0.494 e. The van der Waals surface area contributed by atoms with Crippen LogP contribution in [0.5, 0.6) is 5.75 Å². The molecule has 0 radical (unpaired) electrons. The zero-order chi connectivity index (χ0) is 17.7. The first kappa shape index (κ1) is 17.7. The molecular formula is C16H19FN2O5. The van der Waals surface area contributed by atoms with Crippen LogP contribution in [0.1, 0.15) is 23.2 Å². The van der Waals surface area contributed by atoms with E-state index in [9.17, 15) is 18.8 Å². The molecule has 1 saturated heterocycles. The minimum absolute atomic E-state index is 0.00781. The Hall–Kier alpha value is -2.64. The van der Waals surface area contributed by atoms with Crippen LogP contribution in [-0.4, -0.2) is 49.5 Å². The fourth-order valence-electron chi connectivity index (χ4n) is 2.53. The molecule has 2 rings (SSSR count). The third kappa shape index (κ3) is 4.21. The summed E-state index contributed by atoms with van der Waals surface area (Å²) < 4.78 is 23.2. The van der Waals surface area contributed by atoms with Gasteiger partial charge in [-0.05, 0) is 31.0 Å². The minimum Gasteiger partial charge on any atom is -0.494 e. The van der Waals surface area contributed by atoms with E-state index in [1.54, 1.807) is 0 Å². The van der Waals surface area contributed by atoms with Crippen LogP contribution in [0.3, 0.4) is 0 Å². The molecule has 1 aromatic rings. The zero-order valence-electron chi connectivity index (χ0n) is 13.3. The molecule has 130 valence electrons. The Labute approximate surface area is 138 Å². The number of benzene rings is 1. The summed E-state index contributed by atoms with van der Waals surface area (Å²) in [7, 11) is 1.31. The van der Waals surface area contributed by atoms with Crippen molar-refractivity contribution < 1.29 is 28.2 Å². The third-order valence-corrected chi connectivity index (χ3v) is 3.89. The van der Waals surface area contributed by atoms with Gasteiger partial charge in [-0.3, -0.25) is 9.59 Å². The van der Waals surface area contributed by atoms with Crippen molar-refractivity contribution in [2.45, 2.75) is 12.8 Å². The van der Waals surface area contributed by atoms with Crippen molar-refractivity contribution in [2.24, 2.45) is 11.7 Å². The summed E-state index contributed by atoms with van der Waals surface area (Å²) in [5.41, 5.74) is 5.24. The van der Waals surface area contributed by atoms with Gasteiger partial charge in [-0.15, -0.1) is 0 Å². The number of amides is 2. The number of nitrogens with two attached hydrogens (primary N) is 1. The van der Waals surface area contributed by atoms with Crippen LogP contribution in [0.15, 0.2) is 18.2 Å². The molecule has 1 heterocycles. The number of piperidine rings is 1. The second-order valence-electron chi connectivity index (χ2n) is 5.51. The summed E-state index contributed by atoms with van der Waals surface area (Å²) in [6, 6.07) is 3.63. The van der Waals surface area contributed by atoms with Crippen LogP contribution in [0, 0.1) is 11.7 Å². The van der Waals surface area contributed by atoms with E-state index in [0.29, 0.717) is 19.4 Å². The van der Waals surface area contributed by atoms with E-state index in [2.05, 4.69) is 0 Å². The molecule has 1 aliphatic heterocycles. The van der Waals surface area contributed by atoms with Crippen molar-refractivity contribution in [3.05, 3.63) is 29.6 Å². The van der Waals surface area contributed by atoms with E-state index in [1.807, 2.05) is 0 Å². The zero-order valence-corrected chi connectivity index (χ0v) is 13.3. The van der Waals surface area contributed by atoms with Crippen molar-refractivity contribution in [2.75, 3.05) is 26.8 Å². The molecule has 8 heteroatoms. The van der Waals surface area contributed by atoms with E-state index in [1.165, 1.54) is 24.1 Å². The van der Waals surface area contributed by atoms with Crippen molar-refractivity contribution in [1.29, 1.82) is 0 Å². The van der Waals surface area contributed by atoms with E-state index >= 15 is 0 Å². The average molecular weight is 338 g/mol. The van der Waals surface area contributed by atoms with E-state index < -0.39 is 30.2 Å². The summed E-state index contributed by atoms with van der Waals surface area (Å²) >= 11 is 0. The minimum atomic E-state index is -0.812. The van der Waals surface area contributed by atoms with Gasteiger partial charge in [-0.2, -0.15) is 0 Å². The number of esters is 1. The average Bonchev–Trinajstić information content (AvgIpc) is 2.59. The number of ether oxygens (including phenoxy) is 2. The normalized spacial score (nSPS) is 17.2. The Morgan fingerprint density at radius 1 is 1.38 bits per heavy atom. The van der Waals surface area contributed by atoms with Gasteiger partial charge in [0, 0.05) is 13.1 Å². The number of hydrogen-bond donors (Lipinski definition) is 1. The van der Waals surface area contributed by atoms with Crippen molar-refractivity contribution >= 4 is 17.8 Å². The summed E-state index contributed by atoms with van der Waals surface area (Å²) in [4.78, 5) is 36.6.